The number of ether oxygens (including phenoxy) is 1. The van der Waals surface area contributed by atoms with E-state index < -0.39 is 5.54 Å². The van der Waals surface area contributed by atoms with Gasteiger partial charge in [0.1, 0.15) is 5.54 Å². The van der Waals surface area contributed by atoms with Crippen LogP contribution in [0.3, 0.4) is 0 Å². The van der Waals surface area contributed by atoms with Crippen molar-refractivity contribution in [1.29, 1.82) is 0 Å². The lowest BCUT2D eigenvalue weighted by Gasteiger charge is -2.50. The minimum Gasteiger partial charge on any atom is -0.465 e. The molecule has 1 aliphatic heterocycles. The zero-order chi connectivity index (χ0) is 12.6. The normalized spacial score (nSPS) is 26.1. The van der Waals surface area contributed by atoms with Gasteiger partial charge in [0, 0.05) is 11.1 Å². The summed E-state index contributed by atoms with van der Waals surface area (Å²) in [5.41, 5.74) is 5.06. The van der Waals surface area contributed by atoms with Crippen LogP contribution >= 0.6 is 0 Å². The van der Waals surface area contributed by atoms with E-state index in [1.807, 2.05) is 0 Å². The van der Waals surface area contributed by atoms with Crippen molar-refractivity contribution in [3.8, 4) is 0 Å². The van der Waals surface area contributed by atoms with Crippen LogP contribution in [0.4, 0.5) is 0 Å². The second kappa shape index (κ2) is 4.00. The van der Waals surface area contributed by atoms with Crippen molar-refractivity contribution in [2.24, 2.45) is 5.73 Å². The summed E-state index contributed by atoms with van der Waals surface area (Å²) in [7, 11) is 0. The van der Waals surface area contributed by atoms with Gasteiger partial charge in [0.05, 0.1) is 6.61 Å². The van der Waals surface area contributed by atoms with Gasteiger partial charge in [-0.05, 0) is 47.5 Å². The van der Waals surface area contributed by atoms with Gasteiger partial charge in [0.25, 0.3) is 0 Å². The first-order valence-corrected chi connectivity index (χ1v) is 5.86. The summed E-state index contributed by atoms with van der Waals surface area (Å²) in [6.45, 7) is 10.4. The van der Waals surface area contributed by atoms with E-state index in [1.54, 1.807) is 6.92 Å². The Morgan fingerprint density at radius 2 is 1.69 bits per heavy atom. The van der Waals surface area contributed by atoms with E-state index in [9.17, 15) is 4.79 Å². The molecule has 3 N–H and O–H groups in total. The summed E-state index contributed by atoms with van der Waals surface area (Å²) in [5.74, 6) is -0.280. The van der Waals surface area contributed by atoms with E-state index in [0.717, 1.165) is 0 Å². The fraction of sp³-hybridized carbons (Fsp3) is 0.917. The van der Waals surface area contributed by atoms with Crippen molar-refractivity contribution in [2.45, 2.75) is 64.1 Å². The van der Waals surface area contributed by atoms with Crippen LogP contribution in [-0.4, -0.2) is 29.2 Å². The first kappa shape index (κ1) is 13.5. The molecule has 0 aromatic heterocycles. The number of hydrogen-bond acceptors (Lipinski definition) is 4. The molecule has 0 amide bonds. The predicted molar refractivity (Wildman–Crippen MR) is 64.1 cm³/mol. The van der Waals surface area contributed by atoms with Gasteiger partial charge >= 0.3 is 5.97 Å². The van der Waals surface area contributed by atoms with Gasteiger partial charge < -0.3 is 15.8 Å². The summed E-state index contributed by atoms with van der Waals surface area (Å²) in [5, 5.41) is 3.50. The SMILES string of the molecule is CCOC(=O)C1(N)CC(C)(C)NC(C)(C)C1. The van der Waals surface area contributed by atoms with Crippen molar-refractivity contribution < 1.29 is 9.53 Å². The number of nitrogens with two attached hydrogens (primary N) is 1. The standard InChI is InChI=1S/C12H24N2O2/c1-6-16-9(15)12(13)7-10(2,3)14-11(4,5)8-12/h14H,6-8,13H2,1-5H3. The van der Waals surface area contributed by atoms with E-state index in [4.69, 9.17) is 10.5 Å². The summed E-state index contributed by atoms with van der Waals surface area (Å²) in [6, 6.07) is 0. The third-order valence-corrected chi connectivity index (χ3v) is 2.87. The zero-order valence-corrected chi connectivity index (χ0v) is 11.0. The largest absolute Gasteiger partial charge is 0.465 e. The topological polar surface area (TPSA) is 64.3 Å². The molecule has 0 aliphatic carbocycles. The molecule has 0 spiro atoms. The minimum atomic E-state index is -0.867. The minimum absolute atomic E-state index is 0.150. The average Bonchev–Trinajstić information content (AvgIpc) is 1.97. The van der Waals surface area contributed by atoms with Crippen LogP contribution in [0.2, 0.25) is 0 Å². The second-order valence-corrected chi connectivity index (χ2v) is 6.12. The molecule has 1 rings (SSSR count). The molecular weight excluding hydrogens is 204 g/mol. The van der Waals surface area contributed by atoms with Gasteiger partial charge in [-0.3, -0.25) is 4.79 Å². The van der Waals surface area contributed by atoms with Crippen LogP contribution in [0.25, 0.3) is 0 Å². The van der Waals surface area contributed by atoms with Crippen molar-refractivity contribution in [3.63, 3.8) is 0 Å². The average molecular weight is 228 g/mol. The molecule has 4 heteroatoms. The first-order valence-electron chi connectivity index (χ1n) is 5.86. The Bertz CT molecular complexity index is 269. The van der Waals surface area contributed by atoms with Gasteiger partial charge in [0.2, 0.25) is 0 Å². The van der Waals surface area contributed by atoms with Gasteiger partial charge in [0.15, 0.2) is 0 Å². The number of esters is 1. The monoisotopic (exact) mass is 228 g/mol. The maximum absolute atomic E-state index is 11.9. The Morgan fingerprint density at radius 3 is 2.06 bits per heavy atom. The third-order valence-electron chi connectivity index (χ3n) is 2.87. The molecule has 0 radical (unpaired) electrons. The van der Waals surface area contributed by atoms with Crippen LogP contribution in [0.5, 0.6) is 0 Å². The van der Waals surface area contributed by atoms with Crippen molar-refractivity contribution in [3.05, 3.63) is 0 Å². The maximum Gasteiger partial charge on any atom is 0.326 e. The quantitative estimate of drug-likeness (QED) is 0.697. The smallest absolute Gasteiger partial charge is 0.326 e. The Hall–Kier alpha value is -0.610. The Labute approximate surface area is 97.9 Å². The zero-order valence-electron chi connectivity index (χ0n) is 11.0. The molecule has 1 fully saturated rings. The molecule has 0 aromatic carbocycles. The first-order chi connectivity index (χ1) is 7.10. The fourth-order valence-electron chi connectivity index (χ4n) is 3.06. The molecule has 1 aliphatic rings. The van der Waals surface area contributed by atoms with Crippen LogP contribution < -0.4 is 11.1 Å². The number of carbonyl (C=O) groups is 1. The highest BCUT2D eigenvalue weighted by Gasteiger charge is 2.49. The number of carbonyl (C=O) groups excluding carboxylic acids is 1. The van der Waals surface area contributed by atoms with Crippen LogP contribution in [-0.2, 0) is 9.53 Å². The summed E-state index contributed by atoms with van der Waals surface area (Å²) in [6.07, 6.45) is 1.20. The van der Waals surface area contributed by atoms with E-state index in [2.05, 4.69) is 33.0 Å². The second-order valence-electron chi connectivity index (χ2n) is 6.12. The van der Waals surface area contributed by atoms with Crippen molar-refractivity contribution in [1.82, 2.24) is 5.32 Å². The molecule has 0 unspecified atom stereocenters. The molecule has 1 saturated heterocycles. The summed E-state index contributed by atoms with van der Waals surface area (Å²) in [4.78, 5) is 11.9. The molecule has 1 heterocycles. The molecule has 0 aromatic rings. The Morgan fingerprint density at radius 1 is 1.25 bits per heavy atom. The van der Waals surface area contributed by atoms with Gasteiger partial charge in [-0.1, -0.05) is 0 Å². The summed E-state index contributed by atoms with van der Waals surface area (Å²) >= 11 is 0. The van der Waals surface area contributed by atoms with Crippen molar-refractivity contribution >= 4 is 5.97 Å². The van der Waals surface area contributed by atoms with Gasteiger partial charge in [-0.15, -0.1) is 0 Å². The summed E-state index contributed by atoms with van der Waals surface area (Å²) < 4.78 is 5.08. The Kier molecular flexibility index (Phi) is 3.37. The lowest BCUT2D eigenvalue weighted by molar-refractivity contribution is -0.153. The van der Waals surface area contributed by atoms with E-state index >= 15 is 0 Å². The molecule has 0 bridgehead atoms. The predicted octanol–water partition coefficient (Wildman–Crippen LogP) is 1.19. The van der Waals surface area contributed by atoms with Crippen LogP contribution in [0.15, 0.2) is 0 Å². The van der Waals surface area contributed by atoms with Gasteiger partial charge in [-0.25, -0.2) is 0 Å². The molecule has 0 atom stereocenters. The van der Waals surface area contributed by atoms with E-state index in [0.29, 0.717) is 19.4 Å². The number of rotatable bonds is 2. The molecule has 94 valence electrons. The fourth-order valence-corrected chi connectivity index (χ4v) is 3.06. The molecule has 0 saturated carbocycles. The Balaban J connectivity index is 2.91. The molecule has 4 nitrogen and oxygen atoms in total. The number of piperidine rings is 1. The number of nitrogens with one attached hydrogen (secondary N) is 1. The molecule has 16 heavy (non-hydrogen) atoms. The third kappa shape index (κ3) is 2.95. The highest BCUT2D eigenvalue weighted by Crippen LogP contribution is 2.35. The van der Waals surface area contributed by atoms with Crippen molar-refractivity contribution in [2.75, 3.05) is 6.61 Å². The number of hydrogen-bond donors (Lipinski definition) is 2. The molecular formula is C12H24N2O2. The highest BCUT2D eigenvalue weighted by molar-refractivity contribution is 5.81. The lowest BCUT2D eigenvalue weighted by atomic mass is 9.71. The lowest BCUT2D eigenvalue weighted by Crippen LogP contribution is -2.69. The van der Waals surface area contributed by atoms with Crippen LogP contribution in [0.1, 0.15) is 47.5 Å². The van der Waals surface area contributed by atoms with Gasteiger partial charge in [-0.2, -0.15) is 0 Å². The maximum atomic E-state index is 11.9. The highest BCUT2D eigenvalue weighted by atomic mass is 16.5. The van der Waals surface area contributed by atoms with E-state index in [1.165, 1.54) is 0 Å². The van der Waals surface area contributed by atoms with Crippen LogP contribution in [0, 0.1) is 0 Å². The van der Waals surface area contributed by atoms with E-state index in [-0.39, 0.29) is 17.0 Å².